The van der Waals surface area contributed by atoms with Gasteiger partial charge in [-0.2, -0.15) is 0 Å². The fourth-order valence-electron chi connectivity index (χ4n) is 2.90. The summed E-state index contributed by atoms with van der Waals surface area (Å²) >= 11 is 3.20. The Bertz CT molecular complexity index is 1060. The third-order valence-corrected chi connectivity index (χ3v) is 6.15. The van der Waals surface area contributed by atoms with E-state index < -0.39 is 0 Å². The Kier molecular flexibility index (Phi) is 5.45. The lowest BCUT2D eigenvalue weighted by molar-refractivity contribution is -0.132. The number of aryl methyl sites for hydroxylation is 2. The highest BCUT2D eigenvalue weighted by molar-refractivity contribution is 7.13. The van der Waals surface area contributed by atoms with Crippen LogP contribution in [0.2, 0.25) is 0 Å². The number of hydrogen-bond acceptors (Lipinski definition) is 6. The molecule has 0 spiro atoms. The Balaban J connectivity index is 1.49. The van der Waals surface area contributed by atoms with Crippen LogP contribution in [0.5, 0.6) is 0 Å². The molecule has 0 N–H and O–H groups in total. The molecule has 0 saturated heterocycles. The lowest BCUT2D eigenvalue weighted by Crippen LogP contribution is -2.31. The first-order valence-electron chi connectivity index (χ1n) is 8.93. The molecular formula is C21H20N2O3S2. The van der Waals surface area contributed by atoms with Crippen LogP contribution in [0.4, 0.5) is 0 Å². The minimum atomic E-state index is 0.0231. The van der Waals surface area contributed by atoms with Crippen molar-refractivity contribution >= 4 is 28.6 Å². The standard InChI is InChI=1S/C21H20N2O3S2/c1-14-5-8-19(26-14)21-22-16(13-27-21)10-20(24)23(11-17-4-3-9-25-17)12-18-7-6-15(2)28-18/h3-9,13H,10-12H2,1-2H3. The van der Waals surface area contributed by atoms with Gasteiger partial charge in [0.15, 0.2) is 10.8 Å². The summed E-state index contributed by atoms with van der Waals surface area (Å²) in [6.07, 6.45) is 1.88. The summed E-state index contributed by atoms with van der Waals surface area (Å²) in [5, 5.41) is 2.72. The van der Waals surface area contributed by atoms with E-state index in [4.69, 9.17) is 8.83 Å². The lowest BCUT2D eigenvalue weighted by atomic mass is 10.2. The molecule has 0 aliphatic rings. The summed E-state index contributed by atoms with van der Waals surface area (Å²) in [4.78, 5) is 21.8. The summed E-state index contributed by atoms with van der Waals surface area (Å²) in [5.41, 5.74) is 0.755. The lowest BCUT2D eigenvalue weighted by Gasteiger charge is -2.20. The molecule has 4 aromatic heterocycles. The first-order valence-corrected chi connectivity index (χ1v) is 10.6. The van der Waals surface area contributed by atoms with Crippen molar-refractivity contribution in [2.75, 3.05) is 0 Å². The number of aromatic nitrogens is 1. The average Bonchev–Trinajstić information content (AvgIpc) is 3.43. The van der Waals surface area contributed by atoms with Gasteiger partial charge in [0.25, 0.3) is 0 Å². The van der Waals surface area contributed by atoms with Gasteiger partial charge in [0.05, 0.1) is 31.5 Å². The van der Waals surface area contributed by atoms with Crippen LogP contribution < -0.4 is 0 Å². The summed E-state index contributed by atoms with van der Waals surface area (Å²) in [5.74, 6) is 2.38. The largest absolute Gasteiger partial charge is 0.467 e. The summed E-state index contributed by atoms with van der Waals surface area (Å²) in [6.45, 7) is 4.98. The monoisotopic (exact) mass is 412 g/mol. The zero-order valence-corrected chi connectivity index (χ0v) is 17.3. The fraction of sp³-hybridized carbons (Fsp3) is 0.238. The number of carbonyl (C=O) groups excluding carboxylic acids is 1. The first kappa shape index (κ1) is 18.7. The van der Waals surface area contributed by atoms with Gasteiger partial charge in [0, 0.05) is 15.1 Å². The molecule has 0 unspecified atom stereocenters. The number of furan rings is 2. The summed E-state index contributed by atoms with van der Waals surface area (Å²) < 4.78 is 11.1. The number of carbonyl (C=O) groups is 1. The molecule has 1 amide bonds. The van der Waals surface area contributed by atoms with Gasteiger partial charge in [-0.1, -0.05) is 0 Å². The molecule has 4 heterocycles. The van der Waals surface area contributed by atoms with Gasteiger partial charge in [-0.3, -0.25) is 4.79 Å². The second-order valence-electron chi connectivity index (χ2n) is 6.57. The average molecular weight is 413 g/mol. The van der Waals surface area contributed by atoms with Crippen LogP contribution in [0, 0.1) is 13.8 Å². The molecule has 0 fully saturated rings. The number of rotatable bonds is 7. The molecule has 28 heavy (non-hydrogen) atoms. The molecular weight excluding hydrogens is 392 g/mol. The SMILES string of the molecule is Cc1ccc(-c2nc(CC(=O)N(Cc3ccco3)Cc3ccc(C)s3)cs2)o1. The van der Waals surface area contributed by atoms with Crippen LogP contribution in [0.3, 0.4) is 0 Å². The highest BCUT2D eigenvalue weighted by atomic mass is 32.1. The quantitative estimate of drug-likeness (QED) is 0.405. The molecule has 0 saturated carbocycles. The Morgan fingerprint density at radius 2 is 2.04 bits per heavy atom. The smallest absolute Gasteiger partial charge is 0.229 e. The molecule has 0 aromatic carbocycles. The van der Waals surface area contributed by atoms with Gasteiger partial charge >= 0.3 is 0 Å². The zero-order chi connectivity index (χ0) is 19.5. The predicted molar refractivity (Wildman–Crippen MR) is 110 cm³/mol. The van der Waals surface area contributed by atoms with E-state index in [1.165, 1.54) is 16.2 Å². The molecule has 4 aromatic rings. The van der Waals surface area contributed by atoms with Crippen molar-refractivity contribution in [3.05, 3.63) is 75.0 Å². The zero-order valence-electron chi connectivity index (χ0n) is 15.7. The maximum Gasteiger partial charge on any atom is 0.229 e. The Hall–Kier alpha value is -2.64. The van der Waals surface area contributed by atoms with E-state index >= 15 is 0 Å². The van der Waals surface area contributed by atoms with Crippen LogP contribution in [-0.2, 0) is 24.3 Å². The van der Waals surface area contributed by atoms with Gasteiger partial charge in [-0.25, -0.2) is 4.98 Å². The van der Waals surface area contributed by atoms with Gasteiger partial charge in [-0.05, 0) is 50.2 Å². The molecule has 0 atom stereocenters. The summed E-state index contributed by atoms with van der Waals surface area (Å²) in [7, 11) is 0. The first-order chi connectivity index (χ1) is 13.6. The topological polar surface area (TPSA) is 59.5 Å². The van der Waals surface area contributed by atoms with E-state index in [-0.39, 0.29) is 12.3 Å². The van der Waals surface area contributed by atoms with E-state index in [1.54, 1.807) is 17.6 Å². The molecule has 0 radical (unpaired) electrons. The second-order valence-corrected chi connectivity index (χ2v) is 8.80. The van der Waals surface area contributed by atoms with Crippen molar-refractivity contribution in [3.63, 3.8) is 0 Å². The normalized spacial score (nSPS) is 11.1. The van der Waals surface area contributed by atoms with E-state index in [1.807, 2.05) is 41.5 Å². The van der Waals surface area contributed by atoms with Crippen molar-refractivity contribution in [2.24, 2.45) is 0 Å². The van der Waals surface area contributed by atoms with Crippen LogP contribution >= 0.6 is 22.7 Å². The maximum absolute atomic E-state index is 13.0. The summed E-state index contributed by atoms with van der Waals surface area (Å²) in [6, 6.07) is 11.7. The van der Waals surface area contributed by atoms with Crippen molar-refractivity contribution in [1.29, 1.82) is 0 Å². The van der Waals surface area contributed by atoms with E-state index in [0.717, 1.165) is 32.9 Å². The van der Waals surface area contributed by atoms with Crippen molar-refractivity contribution in [2.45, 2.75) is 33.4 Å². The molecule has 7 heteroatoms. The predicted octanol–water partition coefficient (Wildman–Crippen LogP) is 5.45. The molecule has 144 valence electrons. The minimum Gasteiger partial charge on any atom is -0.467 e. The Labute approximate surface area is 171 Å². The van der Waals surface area contributed by atoms with E-state index in [0.29, 0.717) is 13.1 Å². The number of hydrogen-bond donors (Lipinski definition) is 0. The molecule has 5 nitrogen and oxygen atoms in total. The third kappa shape index (κ3) is 4.43. The van der Waals surface area contributed by atoms with Crippen LogP contribution in [0.15, 0.2) is 56.9 Å². The number of thiophene rings is 1. The van der Waals surface area contributed by atoms with Gasteiger partial charge in [-0.15, -0.1) is 22.7 Å². The van der Waals surface area contributed by atoms with Crippen LogP contribution in [0.1, 0.15) is 27.0 Å². The Morgan fingerprint density at radius 3 is 2.71 bits per heavy atom. The molecule has 0 aliphatic heterocycles. The van der Waals surface area contributed by atoms with Crippen molar-refractivity contribution < 1.29 is 13.6 Å². The highest BCUT2D eigenvalue weighted by Crippen LogP contribution is 2.26. The van der Waals surface area contributed by atoms with Gasteiger partial charge in [0.2, 0.25) is 5.91 Å². The van der Waals surface area contributed by atoms with E-state index in [2.05, 4.69) is 24.0 Å². The number of thiazole rings is 1. The minimum absolute atomic E-state index is 0.0231. The number of nitrogens with zero attached hydrogens (tertiary/aromatic N) is 2. The maximum atomic E-state index is 13.0. The van der Waals surface area contributed by atoms with Gasteiger partial charge in [0.1, 0.15) is 11.5 Å². The second kappa shape index (κ2) is 8.16. The van der Waals surface area contributed by atoms with Crippen LogP contribution in [-0.4, -0.2) is 15.8 Å². The van der Waals surface area contributed by atoms with Gasteiger partial charge < -0.3 is 13.7 Å². The Morgan fingerprint density at radius 1 is 1.14 bits per heavy atom. The fourth-order valence-corrected chi connectivity index (χ4v) is 4.58. The van der Waals surface area contributed by atoms with Crippen molar-refractivity contribution in [3.8, 4) is 10.8 Å². The van der Waals surface area contributed by atoms with Crippen LogP contribution in [0.25, 0.3) is 10.8 Å². The molecule has 0 bridgehead atoms. The molecule has 0 aliphatic carbocycles. The molecule has 4 rings (SSSR count). The van der Waals surface area contributed by atoms with E-state index in [9.17, 15) is 4.79 Å². The van der Waals surface area contributed by atoms with Crippen molar-refractivity contribution in [1.82, 2.24) is 9.88 Å². The highest BCUT2D eigenvalue weighted by Gasteiger charge is 2.19. The third-order valence-electron chi connectivity index (χ3n) is 4.26. The number of amides is 1.